The van der Waals surface area contributed by atoms with E-state index in [0.29, 0.717) is 30.8 Å². The molecule has 1 atom stereocenters. The van der Waals surface area contributed by atoms with Gasteiger partial charge >= 0.3 is 6.36 Å². The Morgan fingerprint density at radius 2 is 1.81 bits per heavy atom. The first-order chi connectivity index (χ1) is 17.6. The highest BCUT2D eigenvalue weighted by Gasteiger charge is 2.33. The number of H-pyrrole nitrogens is 1. The lowest BCUT2D eigenvalue weighted by molar-refractivity contribution is -0.274. The van der Waals surface area contributed by atoms with Gasteiger partial charge in [-0.05, 0) is 42.7 Å². The molecule has 37 heavy (non-hydrogen) atoms. The molecule has 10 nitrogen and oxygen atoms in total. The van der Waals surface area contributed by atoms with E-state index in [1.165, 1.54) is 45.4 Å². The molecule has 0 aliphatic carbocycles. The Bertz CT molecular complexity index is 1570. The molecule has 1 N–H and O–H groups in total. The second kappa shape index (κ2) is 9.59. The molecule has 1 aliphatic heterocycles. The summed E-state index contributed by atoms with van der Waals surface area (Å²) in [4.78, 5) is 20.2. The molecule has 3 heterocycles. The van der Waals surface area contributed by atoms with Gasteiger partial charge in [0.1, 0.15) is 11.6 Å². The third-order valence-electron chi connectivity index (χ3n) is 6.03. The highest BCUT2D eigenvalue weighted by atomic mass is 32.2. The number of aromatic nitrogens is 5. The largest absolute Gasteiger partial charge is 0.573 e. The van der Waals surface area contributed by atoms with E-state index in [9.17, 15) is 26.4 Å². The number of ether oxygens (including phenoxy) is 1. The third kappa shape index (κ3) is 5.34. The van der Waals surface area contributed by atoms with E-state index in [4.69, 9.17) is 0 Å². The van der Waals surface area contributed by atoms with Crippen molar-refractivity contribution in [1.82, 2.24) is 29.3 Å². The number of hydrogen-bond donors (Lipinski definition) is 1. The molecule has 194 valence electrons. The summed E-state index contributed by atoms with van der Waals surface area (Å²) in [5.41, 5.74) is 0.272. The first-order valence-electron chi connectivity index (χ1n) is 11.3. The van der Waals surface area contributed by atoms with Crippen LogP contribution in [0.2, 0.25) is 0 Å². The maximum absolute atomic E-state index is 13.1. The lowest BCUT2D eigenvalue weighted by Gasteiger charge is -2.31. The second-order valence-electron chi connectivity index (χ2n) is 8.58. The number of benzene rings is 2. The molecule has 1 fully saturated rings. The molecule has 0 amide bonds. The normalized spacial score (nSPS) is 17.2. The molecule has 1 aliphatic rings. The van der Waals surface area contributed by atoms with E-state index in [0.717, 1.165) is 0 Å². The van der Waals surface area contributed by atoms with E-state index in [-0.39, 0.29) is 40.8 Å². The highest BCUT2D eigenvalue weighted by Crippen LogP contribution is 2.29. The van der Waals surface area contributed by atoms with Crippen LogP contribution in [0.3, 0.4) is 0 Å². The molecule has 5 rings (SSSR count). The SMILES string of the molecule is O=c1[nH]c(C2CCCN(S(=O)(=O)c3ccccc3)C2)nc2c1nnn2Cc1ccc(OC(F)(F)F)cc1. The highest BCUT2D eigenvalue weighted by molar-refractivity contribution is 7.89. The van der Waals surface area contributed by atoms with E-state index >= 15 is 0 Å². The van der Waals surface area contributed by atoms with Crippen molar-refractivity contribution in [3.05, 3.63) is 76.3 Å². The summed E-state index contributed by atoms with van der Waals surface area (Å²) in [7, 11) is -3.71. The predicted molar refractivity (Wildman–Crippen MR) is 125 cm³/mol. The molecule has 0 radical (unpaired) electrons. The molecular formula is C23H21F3N6O4S. The van der Waals surface area contributed by atoms with E-state index < -0.39 is 21.9 Å². The van der Waals surface area contributed by atoms with Gasteiger partial charge in [0.15, 0.2) is 11.2 Å². The van der Waals surface area contributed by atoms with Gasteiger partial charge in [-0.2, -0.15) is 4.31 Å². The minimum Gasteiger partial charge on any atom is -0.406 e. The predicted octanol–water partition coefficient (Wildman–Crippen LogP) is 3.03. The van der Waals surface area contributed by atoms with Crippen molar-refractivity contribution in [1.29, 1.82) is 0 Å². The van der Waals surface area contributed by atoms with Crippen LogP contribution in [0.25, 0.3) is 11.2 Å². The number of piperidine rings is 1. The summed E-state index contributed by atoms with van der Waals surface area (Å²) in [5.74, 6) is -0.390. The minimum atomic E-state index is -4.79. The maximum atomic E-state index is 13.1. The lowest BCUT2D eigenvalue weighted by atomic mass is 9.99. The number of nitrogens with one attached hydrogen (secondary N) is 1. The number of alkyl halides is 3. The Morgan fingerprint density at radius 3 is 2.51 bits per heavy atom. The van der Waals surface area contributed by atoms with Gasteiger partial charge in [-0.3, -0.25) is 4.79 Å². The zero-order chi connectivity index (χ0) is 26.2. The summed E-state index contributed by atoms with van der Waals surface area (Å²) in [6.07, 6.45) is -3.58. The van der Waals surface area contributed by atoms with Gasteiger partial charge in [-0.15, -0.1) is 18.3 Å². The summed E-state index contributed by atoms with van der Waals surface area (Å²) in [6.45, 7) is 0.597. The molecule has 2 aromatic carbocycles. The summed E-state index contributed by atoms with van der Waals surface area (Å²) in [6, 6.07) is 13.4. The van der Waals surface area contributed by atoms with Gasteiger partial charge < -0.3 is 9.72 Å². The molecule has 0 spiro atoms. The Kier molecular flexibility index (Phi) is 6.45. The van der Waals surface area contributed by atoms with Gasteiger partial charge in [0.2, 0.25) is 10.0 Å². The Hall–Kier alpha value is -3.78. The Balaban J connectivity index is 1.40. The molecule has 0 saturated carbocycles. The van der Waals surface area contributed by atoms with Crippen LogP contribution in [0.5, 0.6) is 5.75 Å². The first kappa shape index (κ1) is 24.9. The van der Waals surface area contributed by atoms with Crippen LogP contribution in [0, 0.1) is 0 Å². The first-order valence-corrected chi connectivity index (χ1v) is 12.8. The molecule has 14 heteroatoms. The fourth-order valence-corrected chi connectivity index (χ4v) is 5.82. The smallest absolute Gasteiger partial charge is 0.406 e. The van der Waals surface area contributed by atoms with Crippen LogP contribution in [-0.2, 0) is 16.6 Å². The van der Waals surface area contributed by atoms with Crippen molar-refractivity contribution in [3.63, 3.8) is 0 Å². The molecule has 4 aromatic rings. The number of rotatable bonds is 6. The minimum absolute atomic E-state index is 0.00495. The van der Waals surface area contributed by atoms with Crippen LogP contribution in [0.4, 0.5) is 13.2 Å². The summed E-state index contributed by atoms with van der Waals surface area (Å²) < 4.78 is 70.1. The maximum Gasteiger partial charge on any atom is 0.573 e. The molecule has 2 aromatic heterocycles. The molecule has 1 unspecified atom stereocenters. The average Bonchev–Trinajstić information content (AvgIpc) is 3.28. The van der Waals surface area contributed by atoms with Crippen LogP contribution >= 0.6 is 0 Å². The molecule has 0 bridgehead atoms. The average molecular weight is 535 g/mol. The standard InChI is InChI=1S/C23H21F3N6O4S/c24-23(25,26)36-17-10-8-15(9-11-17)13-32-21-19(29-30-32)22(33)28-20(27-21)16-5-4-12-31(14-16)37(34,35)18-6-2-1-3-7-18/h1-3,6-11,16H,4-5,12-14H2,(H,27,28,33). The van der Waals surface area contributed by atoms with Crippen LogP contribution in [0.15, 0.2) is 64.3 Å². The second-order valence-corrected chi connectivity index (χ2v) is 10.5. The zero-order valence-corrected chi connectivity index (χ0v) is 20.0. The van der Waals surface area contributed by atoms with E-state index in [1.54, 1.807) is 18.2 Å². The number of sulfonamides is 1. The zero-order valence-electron chi connectivity index (χ0n) is 19.2. The van der Waals surface area contributed by atoms with Gasteiger partial charge in [-0.25, -0.2) is 18.1 Å². The van der Waals surface area contributed by atoms with Gasteiger partial charge in [0.25, 0.3) is 5.56 Å². The monoisotopic (exact) mass is 534 g/mol. The van der Waals surface area contributed by atoms with Crippen molar-refractivity contribution in [3.8, 4) is 5.75 Å². The molecular weight excluding hydrogens is 513 g/mol. The lowest BCUT2D eigenvalue weighted by Crippen LogP contribution is -2.39. The number of fused-ring (bicyclic) bond motifs is 1. The molecule has 1 saturated heterocycles. The quantitative estimate of drug-likeness (QED) is 0.403. The fourth-order valence-electron chi connectivity index (χ4n) is 4.28. The van der Waals surface area contributed by atoms with Crippen molar-refractivity contribution in [2.75, 3.05) is 13.1 Å². The van der Waals surface area contributed by atoms with Crippen LogP contribution < -0.4 is 10.3 Å². The van der Waals surface area contributed by atoms with Gasteiger partial charge in [0, 0.05) is 19.0 Å². The van der Waals surface area contributed by atoms with Crippen LogP contribution in [-0.4, -0.2) is 57.1 Å². The van der Waals surface area contributed by atoms with Crippen molar-refractivity contribution >= 4 is 21.2 Å². The number of halogens is 3. The van der Waals surface area contributed by atoms with Crippen molar-refractivity contribution in [2.45, 2.75) is 36.6 Å². The van der Waals surface area contributed by atoms with Crippen LogP contribution in [0.1, 0.15) is 30.1 Å². The number of nitrogens with zero attached hydrogens (tertiary/aromatic N) is 5. The Labute approximate surface area is 208 Å². The van der Waals surface area contributed by atoms with Crippen molar-refractivity contribution < 1.29 is 26.3 Å². The van der Waals surface area contributed by atoms with E-state index in [2.05, 4.69) is 25.0 Å². The van der Waals surface area contributed by atoms with E-state index in [1.807, 2.05) is 0 Å². The fraction of sp³-hybridized carbons (Fsp3) is 0.304. The number of hydrogen-bond acceptors (Lipinski definition) is 7. The summed E-state index contributed by atoms with van der Waals surface area (Å²) in [5, 5.41) is 7.87. The third-order valence-corrected chi connectivity index (χ3v) is 7.91. The van der Waals surface area contributed by atoms with Gasteiger partial charge in [0.05, 0.1) is 11.4 Å². The number of aromatic amines is 1. The Morgan fingerprint density at radius 1 is 1.08 bits per heavy atom. The summed E-state index contributed by atoms with van der Waals surface area (Å²) >= 11 is 0. The van der Waals surface area contributed by atoms with Crippen molar-refractivity contribution in [2.24, 2.45) is 0 Å². The van der Waals surface area contributed by atoms with Gasteiger partial charge in [-0.1, -0.05) is 35.5 Å². The topological polar surface area (TPSA) is 123 Å².